The third-order valence-electron chi connectivity index (χ3n) is 3.43. The summed E-state index contributed by atoms with van der Waals surface area (Å²) < 4.78 is 1.50. The maximum Gasteiger partial charge on any atom is 0.274 e. The van der Waals surface area contributed by atoms with Gasteiger partial charge in [-0.15, -0.1) is 0 Å². The SMILES string of the molecule is Cc1cc(C(=O)NCC(O)CC(C)C)c2c(=O)[nH]n(C)c2n1. The van der Waals surface area contributed by atoms with Gasteiger partial charge in [-0.2, -0.15) is 0 Å². The summed E-state index contributed by atoms with van der Waals surface area (Å²) in [6.45, 7) is 5.93. The van der Waals surface area contributed by atoms with E-state index < -0.39 is 6.10 Å². The summed E-state index contributed by atoms with van der Waals surface area (Å²) in [4.78, 5) is 28.6. The first-order valence-corrected chi connectivity index (χ1v) is 7.32. The molecule has 0 fully saturated rings. The molecule has 1 atom stereocenters. The average molecular weight is 306 g/mol. The lowest BCUT2D eigenvalue weighted by Crippen LogP contribution is -2.33. The number of fused-ring (bicyclic) bond motifs is 1. The van der Waals surface area contributed by atoms with Gasteiger partial charge in [0.2, 0.25) is 0 Å². The van der Waals surface area contributed by atoms with Crippen LogP contribution in [-0.4, -0.2) is 38.4 Å². The van der Waals surface area contributed by atoms with Gasteiger partial charge in [0.1, 0.15) is 0 Å². The van der Waals surface area contributed by atoms with Crippen LogP contribution in [0.2, 0.25) is 0 Å². The number of nitrogens with zero attached hydrogens (tertiary/aromatic N) is 2. The van der Waals surface area contributed by atoms with Gasteiger partial charge in [-0.05, 0) is 25.3 Å². The minimum Gasteiger partial charge on any atom is -0.391 e. The minimum absolute atomic E-state index is 0.157. The second-order valence-corrected chi connectivity index (χ2v) is 6.00. The van der Waals surface area contributed by atoms with E-state index in [4.69, 9.17) is 0 Å². The number of hydrogen-bond acceptors (Lipinski definition) is 4. The van der Waals surface area contributed by atoms with Gasteiger partial charge in [0.05, 0.1) is 17.1 Å². The van der Waals surface area contributed by atoms with Crippen LogP contribution in [0.3, 0.4) is 0 Å². The molecule has 0 aliphatic heterocycles. The van der Waals surface area contributed by atoms with Crippen molar-refractivity contribution in [3.8, 4) is 0 Å². The van der Waals surface area contributed by atoms with E-state index in [0.29, 0.717) is 23.7 Å². The Morgan fingerprint density at radius 1 is 1.50 bits per heavy atom. The molecule has 0 saturated carbocycles. The van der Waals surface area contributed by atoms with E-state index in [-0.39, 0.29) is 29.0 Å². The van der Waals surface area contributed by atoms with E-state index in [2.05, 4.69) is 15.4 Å². The number of carbonyl (C=O) groups is 1. The van der Waals surface area contributed by atoms with Gasteiger partial charge in [0, 0.05) is 19.3 Å². The number of rotatable bonds is 5. The Bertz CT molecular complexity index is 745. The highest BCUT2D eigenvalue weighted by molar-refractivity contribution is 6.05. The van der Waals surface area contributed by atoms with E-state index in [1.54, 1.807) is 20.0 Å². The lowest BCUT2D eigenvalue weighted by Gasteiger charge is -2.14. The Morgan fingerprint density at radius 3 is 2.82 bits per heavy atom. The molecule has 2 aromatic heterocycles. The molecule has 0 aromatic carbocycles. The number of aryl methyl sites for hydroxylation is 2. The number of carbonyl (C=O) groups excluding carboxylic acids is 1. The summed E-state index contributed by atoms with van der Waals surface area (Å²) in [7, 11) is 1.67. The van der Waals surface area contributed by atoms with Crippen LogP contribution in [0.25, 0.3) is 11.0 Å². The monoisotopic (exact) mass is 306 g/mol. The van der Waals surface area contributed by atoms with Crippen molar-refractivity contribution < 1.29 is 9.90 Å². The van der Waals surface area contributed by atoms with Crippen molar-refractivity contribution in [1.82, 2.24) is 20.1 Å². The highest BCUT2D eigenvalue weighted by Gasteiger charge is 2.18. The fourth-order valence-corrected chi connectivity index (χ4v) is 2.50. The van der Waals surface area contributed by atoms with Crippen molar-refractivity contribution in [2.24, 2.45) is 13.0 Å². The first kappa shape index (κ1) is 16.2. The van der Waals surface area contributed by atoms with Gasteiger partial charge in [-0.25, -0.2) is 4.98 Å². The van der Waals surface area contributed by atoms with Gasteiger partial charge >= 0.3 is 0 Å². The molecule has 22 heavy (non-hydrogen) atoms. The number of aliphatic hydroxyl groups is 1. The van der Waals surface area contributed by atoms with Crippen LogP contribution in [0.4, 0.5) is 0 Å². The van der Waals surface area contributed by atoms with Crippen molar-refractivity contribution in [2.45, 2.75) is 33.3 Å². The van der Waals surface area contributed by atoms with Crippen LogP contribution in [0.5, 0.6) is 0 Å². The zero-order chi connectivity index (χ0) is 16.4. The number of hydrogen-bond donors (Lipinski definition) is 3. The molecule has 2 heterocycles. The predicted octanol–water partition coefficient (Wildman–Crippen LogP) is 0.707. The molecule has 3 N–H and O–H groups in total. The number of aromatic nitrogens is 3. The number of aliphatic hydroxyl groups excluding tert-OH is 1. The number of nitrogens with one attached hydrogen (secondary N) is 2. The maximum atomic E-state index is 12.4. The topological polar surface area (TPSA) is 100 Å². The van der Waals surface area contributed by atoms with Gasteiger partial charge in [-0.3, -0.25) is 19.4 Å². The molecule has 0 bridgehead atoms. The molecule has 0 spiro atoms. The molecule has 0 radical (unpaired) electrons. The Labute approximate surface area is 128 Å². The maximum absolute atomic E-state index is 12.4. The largest absolute Gasteiger partial charge is 0.391 e. The van der Waals surface area contributed by atoms with Crippen molar-refractivity contribution >= 4 is 16.9 Å². The van der Waals surface area contributed by atoms with Gasteiger partial charge in [0.15, 0.2) is 5.65 Å². The van der Waals surface area contributed by atoms with Crippen molar-refractivity contribution in [3.63, 3.8) is 0 Å². The van der Waals surface area contributed by atoms with Gasteiger partial charge in [-0.1, -0.05) is 13.8 Å². The molecule has 120 valence electrons. The predicted molar refractivity (Wildman–Crippen MR) is 83.9 cm³/mol. The van der Waals surface area contributed by atoms with Crippen LogP contribution in [0, 0.1) is 12.8 Å². The Balaban J connectivity index is 2.27. The fourth-order valence-electron chi connectivity index (χ4n) is 2.50. The Hall–Kier alpha value is -2.15. The number of aromatic amines is 1. The summed E-state index contributed by atoms with van der Waals surface area (Å²) in [6, 6.07) is 1.59. The zero-order valence-electron chi connectivity index (χ0n) is 13.3. The molecule has 1 unspecified atom stereocenters. The third kappa shape index (κ3) is 3.36. The number of pyridine rings is 1. The normalized spacial score (nSPS) is 12.8. The van der Waals surface area contributed by atoms with Crippen molar-refractivity contribution in [1.29, 1.82) is 0 Å². The minimum atomic E-state index is -0.601. The summed E-state index contributed by atoms with van der Waals surface area (Å²) in [5.74, 6) is -0.0336. The first-order valence-electron chi connectivity index (χ1n) is 7.32. The zero-order valence-corrected chi connectivity index (χ0v) is 13.3. The highest BCUT2D eigenvalue weighted by atomic mass is 16.3. The van der Waals surface area contributed by atoms with E-state index in [9.17, 15) is 14.7 Å². The fraction of sp³-hybridized carbons (Fsp3) is 0.533. The van der Waals surface area contributed by atoms with Crippen molar-refractivity contribution in [3.05, 3.63) is 27.7 Å². The molecule has 7 heteroatoms. The molecular weight excluding hydrogens is 284 g/mol. The van der Waals surface area contributed by atoms with E-state index in [1.165, 1.54) is 4.68 Å². The summed E-state index contributed by atoms with van der Waals surface area (Å²) in [6.07, 6.45) is 0.00759. The smallest absolute Gasteiger partial charge is 0.274 e. The third-order valence-corrected chi connectivity index (χ3v) is 3.43. The summed E-state index contributed by atoms with van der Waals surface area (Å²) in [5, 5.41) is 15.4. The Kier molecular flexibility index (Phi) is 4.65. The van der Waals surface area contributed by atoms with Crippen LogP contribution in [-0.2, 0) is 7.05 Å². The Morgan fingerprint density at radius 2 is 2.18 bits per heavy atom. The molecule has 0 aliphatic rings. The summed E-state index contributed by atoms with van der Waals surface area (Å²) >= 11 is 0. The lowest BCUT2D eigenvalue weighted by molar-refractivity contribution is 0.0901. The average Bonchev–Trinajstić information content (AvgIpc) is 2.69. The molecule has 2 aromatic rings. The second-order valence-electron chi connectivity index (χ2n) is 6.00. The van der Waals surface area contributed by atoms with E-state index in [0.717, 1.165) is 0 Å². The molecule has 1 amide bonds. The van der Waals surface area contributed by atoms with Crippen LogP contribution in [0.15, 0.2) is 10.9 Å². The standard InChI is InChI=1S/C15H22N4O3/c1-8(2)5-10(20)7-16-14(21)11-6-9(3)17-13-12(11)15(22)18-19(13)4/h6,8,10,20H,5,7H2,1-4H3,(H,16,21)(H,18,22). The van der Waals surface area contributed by atoms with Crippen LogP contribution in [0.1, 0.15) is 36.3 Å². The second kappa shape index (κ2) is 6.31. The highest BCUT2D eigenvalue weighted by Crippen LogP contribution is 2.14. The van der Waals surface area contributed by atoms with E-state index >= 15 is 0 Å². The van der Waals surface area contributed by atoms with E-state index in [1.807, 2.05) is 13.8 Å². The van der Waals surface area contributed by atoms with Gasteiger partial charge in [0.25, 0.3) is 11.5 Å². The molecule has 2 rings (SSSR count). The number of amides is 1. The number of H-pyrrole nitrogens is 1. The molecule has 0 aliphatic carbocycles. The first-order chi connectivity index (χ1) is 10.3. The molecular formula is C15H22N4O3. The lowest BCUT2D eigenvalue weighted by atomic mass is 10.1. The molecule has 0 saturated heterocycles. The van der Waals surface area contributed by atoms with Crippen LogP contribution < -0.4 is 10.9 Å². The quantitative estimate of drug-likeness (QED) is 0.757. The van der Waals surface area contributed by atoms with Crippen LogP contribution >= 0.6 is 0 Å². The van der Waals surface area contributed by atoms with Crippen molar-refractivity contribution in [2.75, 3.05) is 6.54 Å². The molecule has 7 nitrogen and oxygen atoms in total. The summed E-state index contributed by atoms with van der Waals surface area (Å²) in [5.41, 5.74) is 1.02. The van der Waals surface area contributed by atoms with Gasteiger partial charge < -0.3 is 10.4 Å².